The van der Waals surface area contributed by atoms with Crippen molar-refractivity contribution in [1.82, 2.24) is 0 Å². The second-order valence-electron chi connectivity index (χ2n) is 10.2. The molecule has 26 heavy (non-hydrogen) atoms. The van der Waals surface area contributed by atoms with Crippen LogP contribution in [0.15, 0.2) is 0 Å². The molecule has 148 valence electrons. The van der Waals surface area contributed by atoms with Crippen molar-refractivity contribution in [2.45, 2.75) is 78.2 Å². The highest BCUT2D eigenvalue weighted by molar-refractivity contribution is 9.09. The van der Waals surface area contributed by atoms with E-state index in [0.29, 0.717) is 23.1 Å². The Morgan fingerprint density at radius 3 is 2.62 bits per heavy atom. The van der Waals surface area contributed by atoms with Gasteiger partial charge >= 0.3 is 0 Å². The van der Waals surface area contributed by atoms with E-state index in [1.165, 1.54) is 44.9 Å². The molecule has 4 rings (SSSR count). The van der Waals surface area contributed by atoms with E-state index in [0.717, 1.165) is 48.5 Å². The molecule has 4 aliphatic rings. The van der Waals surface area contributed by atoms with Crippen LogP contribution in [0.1, 0.15) is 72.1 Å². The third kappa shape index (κ3) is 3.04. The van der Waals surface area contributed by atoms with Gasteiger partial charge in [-0.3, -0.25) is 4.79 Å². The number of alkyl halides is 1. The molecule has 4 fully saturated rings. The van der Waals surface area contributed by atoms with Crippen molar-refractivity contribution in [2.75, 3.05) is 11.9 Å². The van der Waals surface area contributed by atoms with E-state index in [4.69, 9.17) is 4.74 Å². The number of hydrogen-bond donors (Lipinski definition) is 0. The number of rotatable bonds is 4. The van der Waals surface area contributed by atoms with Gasteiger partial charge in [-0.2, -0.15) is 0 Å². The van der Waals surface area contributed by atoms with Crippen molar-refractivity contribution in [3.8, 4) is 0 Å². The Balaban J connectivity index is 1.53. The second kappa shape index (κ2) is 7.50. The van der Waals surface area contributed by atoms with E-state index in [1.807, 2.05) is 0 Å². The number of hydrogen-bond acceptors (Lipinski definition) is 2. The standard InChI is InChI=1S/C23H37BrO2/c1-4-26-22-12-18-15(11-14(22)2)5-6-17-16(18)9-10-23(3)19(17)7-8-20(23)21(25)13-24/h14-20,22H,4-13H2,1-3H3. The lowest BCUT2D eigenvalue weighted by Gasteiger charge is -2.57. The predicted octanol–water partition coefficient (Wildman–Crippen LogP) is 5.87. The van der Waals surface area contributed by atoms with Gasteiger partial charge in [-0.05, 0) is 99.2 Å². The number of Topliss-reactive ketones (excluding diaryl/α,β-unsaturated/α-hetero) is 1. The molecular formula is C23H37BrO2. The number of fused-ring (bicyclic) bond motifs is 5. The molecule has 0 aromatic carbocycles. The Morgan fingerprint density at radius 1 is 1.08 bits per heavy atom. The molecule has 0 aromatic heterocycles. The molecular weight excluding hydrogens is 388 g/mol. The minimum Gasteiger partial charge on any atom is -0.378 e. The average Bonchev–Trinajstić information content (AvgIpc) is 2.99. The van der Waals surface area contributed by atoms with Crippen molar-refractivity contribution < 1.29 is 9.53 Å². The Morgan fingerprint density at radius 2 is 1.88 bits per heavy atom. The van der Waals surface area contributed by atoms with Crippen LogP contribution in [0.5, 0.6) is 0 Å². The fraction of sp³-hybridized carbons (Fsp3) is 0.957. The van der Waals surface area contributed by atoms with Crippen LogP contribution in [-0.2, 0) is 9.53 Å². The first-order chi connectivity index (χ1) is 12.5. The van der Waals surface area contributed by atoms with E-state index in [9.17, 15) is 4.79 Å². The van der Waals surface area contributed by atoms with Crippen LogP contribution < -0.4 is 0 Å². The van der Waals surface area contributed by atoms with E-state index < -0.39 is 0 Å². The summed E-state index contributed by atoms with van der Waals surface area (Å²) in [4.78, 5) is 12.5. The lowest BCUT2D eigenvalue weighted by atomic mass is 9.49. The zero-order valence-corrected chi connectivity index (χ0v) is 18.5. The van der Waals surface area contributed by atoms with Gasteiger partial charge in [-0.15, -0.1) is 0 Å². The molecule has 9 atom stereocenters. The summed E-state index contributed by atoms with van der Waals surface area (Å²) in [6, 6.07) is 0. The van der Waals surface area contributed by atoms with Crippen LogP contribution >= 0.6 is 15.9 Å². The van der Waals surface area contributed by atoms with Crippen molar-refractivity contribution in [3.63, 3.8) is 0 Å². The van der Waals surface area contributed by atoms with Crippen LogP contribution in [0.2, 0.25) is 0 Å². The van der Waals surface area contributed by atoms with Gasteiger partial charge in [0.25, 0.3) is 0 Å². The summed E-state index contributed by atoms with van der Waals surface area (Å²) in [5.41, 5.74) is 0.278. The molecule has 4 saturated carbocycles. The van der Waals surface area contributed by atoms with E-state index in [1.54, 1.807) is 0 Å². The number of carbonyl (C=O) groups is 1. The molecule has 0 amide bonds. The topological polar surface area (TPSA) is 26.3 Å². The van der Waals surface area contributed by atoms with Crippen LogP contribution in [0, 0.1) is 46.8 Å². The fourth-order valence-corrected chi connectivity index (χ4v) is 8.48. The van der Waals surface area contributed by atoms with Crippen molar-refractivity contribution in [1.29, 1.82) is 0 Å². The highest BCUT2D eigenvalue weighted by Gasteiger charge is 2.58. The summed E-state index contributed by atoms with van der Waals surface area (Å²) in [7, 11) is 0. The van der Waals surface area contributed by atoms with Gasteiger partial charge in [0.2, 0.25) is 0 Å². The molecule has 0 heterocycles. The third-order valence-electron chi connectivity index (χ3n) is 9.23. The van der Waals surface area contributed by atoms with Crippen LogP contribution in [0.4, 0.5) is 0 Å². The molecule has 0 bridgehead atoms. The first-order valence-electron chi connectivity index (χ1n) is 11.2. The molecule has 2 nitrogen and oxygen atoms in total. The minimum absolute atomic E-state index is 0.278. The number of halogens is 1. The maximum Gasteiger partial charge on any atom is 0.147 e. The molecule has 0 spiro atoms. The molecule has 4 aliphatic carbocycles. The van der Waals surface area contributed by atoms with E-state index >= 15 is 0 Å². The average molecular weight is 425 g/mol. The smallest absolute Gasteiger partial charge is 0.147 e. The summed E-state index contributed by atoms with van der Waals surface area (Å²) in [5, 5.41) is 0.548. The number of carbonyl (C=O) groups excluding carboxylic acids is 1. The van der Waals surface area contributed by atoms with Crippen LogP contribution in [-0.4, -0.2) is 23.8 Å². The summed E-state index contributed by atoms with van der Waals surface area (Å²) in [5.74, 6) is 5.90. The van der Waals surface area contributed by atoms with Crippen molar-refractivity contribution >= 4 is 21.7 Å². The third-order valence-corrected chi connectivity index (χ3v) is 9.79. The van der Waals surface area contributed by atoms with Gasteiger partial charge in [0, 0.05) is 12.5 Å². The second-order valence-corrected chi connectivity index (χ2v) is 10.7. The van der Waals surface area contributed by atoms with Gasteiger partial charge < -0.3 is 4.74 Å². The van der Waals surface area contributed by atoms with E-state index in [-0.39, 0.29) is 5.41 Å². The van der Waals surface area contributed by atoms with Crippen LogP contribution in [0.25, 0.3) is 0 Å². The first kappa shape index (κ1) is 19.4. The Kier molecular flexibility index (Phi) is 5.61. The van der Waals surface area contributed by atoms with Gasteiger partial charge in [0.1, 0.15) is 5.78 Å². The predicted molar refractivity (Wildman–Crippen MR) is 109 cm³/mol. The Bertz CT molecular complexity index is 534. The normalized spacial score (nSPS) is 50.6. The van der Waals surface area contributed by atoms with Crippen molar-refractivity contribution in [3.05, 3.63) is 0 Å². The zero-order chi connectivity index (χ0) is 18.5. The quantitative estimate of drug-likeness (QED) is 0.527. The largest absolute Gasteiger partial charge is 0.378 e. The molecule has 0 aliphatic heterocycles. The molecule has 0 radical (unpaired) electrons. The lowest BCUT2D eigenvalue weighted by molar-refractivity contribution is -0.130. The summed E-state index contributed by atoms with van der Waals surface area (Å²) >= 11 is 3.44. The highest BCUT2D eigenvalue weighted by Crippen LogP contribution is 2.64. The molecule has 0 saturated heterocycles. The Hall–Kier alpha value is 0.110. The monoisotopic (exact) mass is 424 g/mol. The maximum absolute atomic E-state index is 12.5. The zero-order valence-electron chi connectivity index (χ0n) is 16.9. The van der Waals surface area contributed by atoms with Gasteiger partial charge in [0.15, 0.2) is 0 Å². The van der Waals surface area contributed by atoms with Gasteiger partial charge in [0.05, 0.1) is 11.4 Å². The fourth-order valence-electron chi connectivity index (χ4n) is 8.09. The van der Waals surface area contributed by atoms with E-state index in [2.05, 4.69) is 36.7 Å². The highest BCUT2D eigenvalue weighted by atomic mass is 79.9. The van der Waals surface area contributed by atoms with Crippen molar-refractivity contribution in [2.24, 2.45) is 46.8 Å². The SMILES string of the molecule is CCOC1CC2C(CCC3C2CCC2(C)C(C(=O)CBr)CCC32)CC1C. The van der Waals surface area contributed by atoms with Crippen LogP contribution in [0.3, 0.4) is 0 Å². The molecule has 0 aromatic rings. The van der Waals surface area contributed by atoms with Gasteiger partial charge in [-0.25, -0.2) is 0 Å². The molecule has 0 N–H and O–H groups in total. The lowest BCUT2D eigenvalue weighted by Crippen LogP contribution is -2.51. The molecule has 9 unspecified atom stereocenters. The first-order valence-corrected chi connectivity index (χ1v) is 12.3. The minimum atomic E-state index is 0.278. The molecule has 3 heteroatoms. The summed E-state index contributed by atoms with van der Waals surface area (Å²) < 4.78 is 6.14. The summed E-state index contributed by atoms with van der Waals surface area (Å²) in [6.45, 7) is 7.88. The maximum atomic E-state index is 12.5. The van der Waals surface area contributed by atoms with Gasteiger partial charge in [-0.1, -0.05) is 29.8 Å². The summed E-state index contributed by atoms with van der Waals surface area (Å²) in [6.07, 6.45) is 11.1. The number of ether oxygens (including phenoxy) is 1. The number of ketones is 1. The Labute approximate surface area is 168 Å².